The zero-order chi connectivity index (χ0) is 18.1. The van der Waals surface area contributed by atoms with Gasteiger partial charge in [0.15, 0.2) is 22.5 Å². The molecule has 0 spiro atoms. The van der Waals surface area contributed by atoms with Crippen molar-refractivity contribution in [3.8, 4) is 11.6 Å². The fourth-order valence-electron chi connectivity index (χ4n) is 3.42. The number of thioether (sulfide) groups is 1. The molecule has 0 fully saturated rings. The van der Waals surface area contributed by atoms with Crippen LogP contribution in [0.15, 0.2) is 46.2 Å². The number of aryl methyl sites for hydroxylation is 2. The van der Waals surface area contributed by atoms with Gasteiger partial charge in [0.1, 0.15) is 0 Å². The Morgan fingerprint density at radius 1 is 1.27 bits per heavy atom. The van der Waals surface area contributed by atoms with E-state index < -0.39 is 0 Å². The van der Waals surface area contributed by atoms with Crippen molar-refractivity contribution in [3.63, 3.8) is 0 Å². The van der Waals surface area contributed by atoms with Crippen molar-refractivity contribution in [2.24, 2.45) is 0 Å². The lowest BCUT2D eigenvalue weighted by molar-refractivity contribution is 0.0993. The van der Waals surface area contributed by atoms with Crippen LogP contribution in [0.3, 0.4) is 0 Å². The van der Waals surface area contributed by atoms with Crippen molar-refractivity contribution in [1.82, 2.24) is 14.8 Å². The lowest BCUT2D eigenvalue weighted by Gasteiger charge is -2.12. The van der Waals surface area contributed by atoms with Crippen LogP contribution >= 0.6 is 11.8 Å². The van der Waals surface area contributed by atoms with Gasteiger partial charge in [0.25, 0.3) is 0 Å². The first-order valence-electron chi connectivity index (χ1n) is 8.97. The van der Waals surface area contributed by atoms with Gasteiger partial charge in [-0.05, 0) is 62.4 Å². The van der Waals surface area contributed by atoms with Gasteiger partial charge >= 0.3 is 0 Å². The topological polar surface area (TPSA) is 60.9 Å². The lowest BCUT2D eigenvalue weighted by atomic mass is 10.0. The number of rotatable bonds is 6. The minimum absolute atomic E-state index is 0.134. The Hall–Kier alpha value is -2.34. The highest BCUT2D eigenvalue weighted by atomic mass is 32.2. The normalized spacial score (nSPS) is 14.4. The predicted molar refractivity (Wildman–Crippen MR) is 102 cm³/mol. The molecule has 0 radical (unpaired) electrons. The fourth-order valence-corrected chi connectivity index (χ4v) is 4.41. The minimum atomic E-state index is -0.228. The van der Waals surface area contributed by atoms with E-state index in [1.54, 1.807) is 6.26 Å². The third kappa shape index (κ3) is 3.09. The van der Waals surface area contributed by atoms with Crippen LogP contribution in [-0.2, 0) is 19.4 Å². The maximum Gasteiger partial charge on any atom is 0.200 e. The van der Waals surface area contributed by atoms with Crippen molar-refractivity contribution < 1.29 is 9.21 Å². The summed E-state index contributed by atoms with van der Waals surface area (Å²) in [5.41, 5.74) is 3.50. The summed E-state index contributed by atoms with van der Waals surface area (Å²) < 4.78 is 7.42. The highest BCUT2D eigenvalue weighted by Crippen LogP contribution is 2.30. The molecule has 0 N–H and O–H groups in total. The minimum Gasteiger partial charge on any atom is -0.461 e. The molecule has 1 aromatic carbocycles. The molecule has 0 saturated carbocycles. The second-order valence-electron chi connectivity index (χ2n) is 6.49. The van der Waals surface area contributed by atoms with E-state index >= 15 is 0 Å². The monoisotopic (exact) mass is 367 g/mol. The molecule has 1 atom stereocenters. The number of hydrogen-bond donors (Lipinski definition) is 0. The zero-order valence-electron chi connectivity index (χ0n) is 14.9. The Morgan fingerprint density at radius 2 is 2.12 bits per heavy atom. The van der Waals surface area contributed by atoms with Gasteiger partial charge in [-0.25, -0.2) is 0 Å². The van der Waals surface area contributed by atoms with Crippen LogP contribution < -0.4 is 0 Å². The third-order valence-corrected chi connectivity index (χ3v) is 5.89. The first kappa shape index (κ1) is 17.1. The van der Waals surface area contributed by atoms with E-state index in [0.717, 1.165) is 23.6 Å². The number of furan rings is 1. The maximum absolute atomic E-state index is 12.9. The van der Waals surface area contributed by atoms with E-state index in [4.69, 9.17) is 4.42 Å². The molecule has 0 bridgehead atoms. The Bertz CT molecular complexity index is 931. The van der Waals surface area contributed by atoms with Crippen LogP contribution in [0.2, 0.25) is 0 Å². The van der Waals surface area contributed by atoms with Gasteiger partial charge in [-0.1, -0.05) is 23.9 Å². The maximum atomic E-state index is 12.9. The van der Waals surface area contributed by atoms with Gasteiger partial charge < -0.3 is 4.42 Å². The largest absolute Gasteiger partial charge is 0.461 e. The SMILES string of the molecule is CCn1c(S[C@H](C)C(=O)c2ccc3c(c2)CCC3)nnc1-c1ccco1. The number of carbonyl (C=O) groups excluding carboxylic acids is 1. The number of nitrogens with zero attached hydrogens (tertiary/aromatic N) is 3. The molecular weight excluding hydrogens is 346 g/mol. The van der Waals surface area contributed by atoms with Crippen LogP contribution in [-0.4, -0.2) is 25.8 Å². The molecule has 2 heterocycles. The summed E-state index contributed by atoms with van der Waals surface area (Å²) in [7, 11) is 0. The molecule has 0 unspecified atom stereocenters. The number of benzene rings is 1. The first-order chi connectivity index (χ1) is 12.7. The molecule has 5 nitrogen and oxygen atoms in total. The van der Waals surface area contributed by atoms with Crippen molar-refractivity contribution in [2.45, 2.75) is 50.1 Å². The van der Waals surface area contributed by atoms with E-state index in [1.165, 1.54) is 29.3 Å². The molecule has 3 aromatic rings. The first-order valence-corrected chi connectivity index (χ1v) is 9.85. The van der Waals surface area contributed by atoms with Crippen molar-refractivity contribution in [3.05, 3.63) is 53.3 Å². The number of fused-ring (bicyclic) bond motifs is 1. The molecule has 0 aliphatic heterocycles. The summed E-state index contributed by atoms with van der Waals surface area (Å²) in [5.74, 6) is 1.51. The Kier molecular flexibility index (Phi) is 4.68. The van der Waals surface area contributed by atoms with Gasteiger partial charge in [0, 0.05) is 12.1 Å². The van der Waals surface area contributed by atoms with E-state index in [0.29, 0.717) is 18.1 Å². The molecular formula is C20H21N3O2S. The van der Waals surface area contributed by atoms with Crippen molar-refractivity contribution in [1.29, 1.82) is 0 Å². The third-order valence-electron chi connectivity index (χ3n) is 4.81. The quantitative estimate of drug-likeness (QED) is 0.477. The highest BCUT2D eigenvalue weighted by Gasteiger charge is 2.23. The Balaban J connectivity index is 1.54. The van der Waals surface area contributed by atoms with Gasteiger partial charge in [-0.2, -0.15) is 0 Å². The molecule has 0 amide bonds. The van der Waals surface area contributed by atoms with Gasteiger partial charge in [0.2, 0.25) is 0 Å². The molecule has 0 saturated heterocycles. The van der Waals surface area contributed by atoms with E-state index in [9.17, 15) is 4.79 Å². The van der Waals surface area contributed by atoms with E-state index in [1.807, 2.05) is 36.6 Å². The van der Waals surface area contributed by atoms with Crippen LogP contribution in [0.1, 0.15) is 41.8 Å². The smallest absolute Gasteiger partial charge is 0.200 e. The zero-order valence-corrected chi connectivity index (χ0v) is 15.8. The number of Topliss-reactive ketones (excluding diaryl/α,β-unsaturated/α-hetero) is 1. The second kappa shape index (κ2) is 7.11. The summed E-state index contributed by atoms with van der Waals surface area (Å²) in [5, 5.41) is 9.04. The standard InChI is InChI=1S/C20H21N3O2S/c1-3-23-19(17-8-5-11-25-17)21-22-20(23)26-13(2)18(24)16-10-9-14-6-4-7-15(14)12-16/h5,8-13H,3-4,6-7H2,1-2H3/t13-/m1/s1. The summed E-state index contributed by atoms with van der Waals surface area (Å²) in [4.78, 5) is 12.9. The lowest BCUT2D eigenvalue weighted by Crippen LogP contribution is -2.15. The second-order valence-corrected chi connectivity index (χ2v) is 7.80. The molecule has 1 aliphatic rings. The van der Waals surface area contributed by atoms with Gasteiger partial charge in [-0.15, -0.1) is 10.2 Å². The molecule has 1 aliphatic carbocycles. The van der Waals surface area contributed by atoms with E-state index in [-0.39, 0.29) is 11.0 Å². The van der Waals surface area contributed by atoms with Gasteiger partial charge in [0.05, 0.1) is 11.5 Å². The summed E-state index contributed by atoms with van der Waals surface area (Å²) >= 11 is 1.45. The van der Waals surface area contributed by atoms with Gasteiger partial charge in [-0.3, -0.25) is 9.36 Å². The molecule has 6 heteroatoms. The van der Waals surface area contributed by atoms with E-state index in [2.05, 4.69) is 22.3 Å². The predicted octanol–water partition coefficient (Wildman–Crippen LogP) is 4.41. The average Bonchev–Trinajstić information content (AvgIpc) is 3.39. The Morgan fingerprint density at radius 3 is 2.88 bits per heavy atom. The van der Waals surface area contributed by atoms with Crippen LogP contribution in [0.4, 0.5) is 0 Å². The Labute approximate surface area is 156 Å². The molecule has 4 rings (SSSR count). The van der Waals surface area contributed by atoms with Crippen LogP contribution in [0.25, 0.3) is 11.6 Å². The highest BCUT2D eigenvalue weighted by molar-refractivity contribution is 8.00. The molecule has 26 heavy (non-hydrogen) atoms. The van der Waals surface area contributed by atoms with Crippen LogP contribution in [0, 0.1) is 0 Å². The number of carbonyl (C=O) groups is 1. The molecule has 2 aromatic heterocycles. The number of hydrogen-bond acceptors (Lipinski definition) is 5. The summed E-state index contributed by atoms with van der Waals surface area (Å²) in [6.07, 6.45) is 5.02. The van der Waals surface area contributed by atoms with Crippen molar-refractivity contribution >= 4 is 17.5 Å². The van der Waals surface area contributed by atoms with Crippen molar-refractivity contribution in [2.75, 3.05) is 0 Å². The average molecular weight is 367 g/mol. The number of ketones is 1. The van der Waals surface area contributed by atoms with Crippen LogP contribution in [0.5, 0.6) is 0 Å². The fraction of sp³-hybridized carbons (Fsp3) is 0.350. The molecule has 134 valence electrons. The summed E-state index contributed by atoms with van der Waals surface area (Å²) in [6.45, 7) is 4.68. The summed E-state index contributed by atoms with van der Waals surface area (Å²) in [6, 6.07) is 9.83. The number of aromatic nitrogens is 3.